The number of hydrogen-bond acceptors (Lipinski definition) is 2. The zero-order chi connectivity index (χ0) is 13.6. The lowest BCUT2D eigenvalue weighted by Crippen LogP contribution is -1.96. The summed E-state index contributed by atoms with van der Waals surface area (Å²) in [7, 11) is 0. The van der Waals surface area contributed by atoms with E-state index in [0.717, 1.165) is 0 Å². The smallest absolute Gasteiger partial charge is 0.184 e. The van der Waals surface area contributed by atoms with E-state index in [4.69, 9.17) is 35.4 Å². The molecule has 3 nitrogen and oxygen atoms in total. The summed E-state index contributed by atoms with van der Waals surface area (Å²) in [6, 6.07) is 6.16. The molecule has 0 amide bonds. The molecule has 3 aromatic rings. The summed E-state index contributed by atoms with van der Waals surface area (Å²) in [5.74, 6) is -0.510. The Hall–Kier alpha value is -1.43. The van der Waals surface area contributed by atoms with Crippen LogP contribution >= 0.6 is 35.4 Å². The second-order valence-corrected chi connectivity index (χ2v) is 5.12. The molecule has 1 N–H and O–H groups in total. The molecule has 0 atom stereocenters. The Bertz CT molecular complexity index is 841. The highest BCUT2D eigenvalue weighted by molar-refractivity contribution is 7.71. The Balaban J connectivity index is 2.32. The minimum Gasteiger partial charge on any atom is -0.329 e. The summed E-state index contributed by atoms with van der Waals surface area (Å²) in [4.78, 5) is 7.18. The highest BCUT2D eigenvalue weighted by atomic mass is 35.5. The number of rotatable bonds is 1. The monoisotopic (exact) mass is 313 g/mol. The van der Waals surface area contributed by atoms with Crippen LogP contribution in [0.15, 0.2) is 30.5 Å². The fourth-order valence-corrected chi connectivity index (χ4v) is 2.41. The Morgan fingerprint density at radius 2 is 2.05 bits per heavy atom. The third kappa shape index (κ3) is 2.14. The van der Waals surface area contributed by atoms with Gasteiger partial charge in [-0.05, 0) is 36.5 Å². The maximum atomic E-state index is 13.5. The van der Waals surface area contributed by atoms with Gasteiger partial charge < -0.3 is 4.98 Å². The first kappa shape index (κ1) is 12.6. The Kier molecular flexibility index (Phi) is 3.05. The molecule has 3 rings (SSSR count). The second-order valence-electron chi connectivity index (χ2n) is 3.89. The molecule has 0 saturated heterocycles. The summed E-state index contributed by atoms with van der Waals surface area (Å²) in [6.07, 6.45) is 1.51. The lowest BCUT2D eigenvalue weighted by Gasteiger charge is -2.04. The third-order valence-electron chi connectivity index (χ3n) is 2.65. The maximum Gasteiger partial charge on any atom is 0.184 e. The quantitative estimate of drug-likeness (QED) is 0.670. The van der Waals surface area contributed by atoms with Crippen LogP contribution in [-0.2, 0) is 0 Å². The first-order valence-electron chi connectivity index (χ1n) is 5.28. The van der Waals surface area contributed by atoms with Crippen LogP contribution in [0.1, 0.15) is 0 Å². The van der Waals surface area contributed by atoms with Crippen LogP contribution in [0.3, 0.4) is 0 Å². The topological polar surface area (TPSA) is 33.6 Å². The lowest BCUT2D eigenvalue weighted by molar-refractivity contribution is 0.627. The Morgan fingerprint density at radius 3 is 2.79 bits per heavy atom. The van der Waals surface area contributed by atoms with Crippen LogP contribution in [0.25, 0.3) is 16.9 Å². The van der Waals surface area contributed by atoms with Crippen molar-refractivity contribution in [1.29, 1.82) is 0 Å². The van der Waals surface area contributed by atoms with Crippen molar-refractivity contribution < 1.29 is 4.39 Å². The van der Waals surface area contributed by atoms with E-state index < -0.39 is 5.82 Å². The highest BCUT2D eigenvalue weighted by Crippen LogP contribution is 2.23. The minimum absolute atomic E-state index is 0.0612. The molecule has 0 radical (unpaired) electrons. The van der Waals surface area contributed by atoms with E-state index in [1.807, 2.05) is 0 Å². The van der Waals surface area contributed by atoms with Crippen molar-refractivity contribution >= 4 is 46.6 Å². The molecule has 0 spiro atoms. The van der Waals surface area contributed by atoms with Gasteiger partial charge in [-0.3, -0.25) is 4.57 Å². The predicted molar refractivity (Wildman–Crippen MR) is 76.2 cm³/mol. The predicted octanol–water partition coefficient (Wildman–Crippen LogP) is 4.53. The second kappa shape index (κ2) is 4.59. The van der Waals surface area contributed by atoms with Crippen molar-refractivity contribution in [3.8, 4) is 5.69 Å². The number of pyridine rings is 1. The average molecular weight is 314 g/mol. The molecule has 2 aromatic heterocycles. The van der Waals surface area contributed by atoms with E-state index >= 15 is 0 Å². The minimum atomic E-state index is -0.510. The molecule has 1 aromatic carbocycles. The normalized spacial score (nSPS) is 11.1. The van der Waals surface area contributed by atoms with E-state index in [9.17, 15) is 4.39 Å². The van der Waals surface area contributed by atoms with Crippen LogP contribution in [0.4, 0.5) is 4.39 Å². The van der Waals surface area contributed by atoms with E-state index in [2.05, 4.69) is 9.97 Å². The van der Waals surface area contributed by atoms with E-state index in [1.165, 1.54) is 18.3 Å². The van der Waals surface area contributed by atoms with Crippen LogP contribution in [0.5, 0.6) is 0 Å². The van der Waals surface area contributed by atoms with Gasteiger partial charge in [-0.25, -0.2) is 9.37 Å². The lowest BCUT2D eigenvalue weighted by atomic mass is 10.3. The van der Waals surface area contributed by atoms with Gasteiger partial charge in [0.25, 0.3) is 0 Å². The van der Waals surface area contributed by atoms with Gasteiger partial charge in [-0.1, -0.05) is 23.2 Å². The molecule has 0 bridgehead atoms. The standard InChI is InChI=1S/C12H6Cl2FN3S/c13-6-3-10-11(16-5-6)18(12(19)17-10)7-1-2-8(14)9(15)4-7/h1-5H,(H,17,19). The van der Waals surface area contributed by atoms with Crippen molar-refractivity contribution in [3.05, 3.63) is 51.1 Å². The van der Waals surface area contributed by atoms with Gasteiger partial charge in [0.1, 0.15) is 5.82 Å². The number of imidazole rings is 1. The summed E-state index contributed by atoms with van der Waals surface area (Å²) < 4.78 is 15.6. The first-order valence-corrected chi connectivity index (χ1v) is 6.44. The average Bonchev–Trinajstić information content (AvgIpc) is 2.68. The molecule has 0 unspecified atom stereocenters. The number of benzene rings is 1. The molecule has 0 saturated carbocycles. The zero-order valence-electron chi connectivity index (χ0n) is 9.32. The molecule has 7 heteroatoms. The summed E-state index contributed by atoms with van der Waals surface area (Å²) in [5, 5.41) is 0.560. The molecular weight excluding hydrogens is 308 g/mol. The number of H-pyrrole nitrogens is 1. The summed E-state index contributed by atoms with van der Waals surface area (Å²) in [5.41, 5.74) is 1.82. The van der Waals surface area contributed by atoms with Crippen molar-refractivity contribution in [2.24, 2.45) is 0 Å². The fraction of sp³-hybridized carbons (Fsp3) is 0. The van der Waals surface area contributed by atoms with Crippen LogP contribution in [0.2, 0.25) is 10.0 Å². The SMILES string of the molecule is Fc1cc(-n2c(=S)[nH]c3cc(Cl)cnc32)ccc1Cl. The molecule has 19 heavy (non-hydrogen) atoms. The molecule has 0 fully saturated rings. The van der Waals surface area contributed by atoms with Gasteiger partial charge in [-0.2, -0.15) is 0 Å². The van der Waals surface area contributed by atoms with Crippen molar-refractivity contribution in [3.63, 3.8) is 0 Å². The molecule has 0 aliphatic rings. The zero-order valence-corrected chi connectivity index (χ0v) is 11.7. The van der Waals surface area contributed by atoms with Gasteiger partial charge in [0.15, 0.2) is 10.4 Å². The van der Waals surface area contributed by atoms with Crippen LogP contribution < -0.4 is 0 Å². The maximum absolute atomic E-state index is 13.5. The molecule has 0 aliphatic carbocycles. The van der Waals surface area contributed by atoms with E-state index in [0.29, 0.717) is 26.6 Å². The number of halogens is 3. The van der Waals surface area contributed by atoms with Gasteiger partial charge in [0.05, 0.1) is 21.2 Å². The summed E-state index contributed by atoms with van der Waals surface area (Å²) in [6.45, 7) is 0. The van der Waals surface area contributed by atoms with Gasteiger partial charge >= 0.3 is 0 Å². The van der Waals surface area contributed by atoms with Gasteiger partial charge in [0.2, 0.25) is 0 Å². The number of aromatic nitrogens is 3. The van der Waals surface area contributed by atoms with E-state index in [1.54, 1.807) is 16.7 Å². The van der Waals surface area contributed by atoms with Crippen molar-refractivity contribution in [2.75, 3.05) is 0 Å². The number of nitrogens with zero attached hydrogens (tertiary/aromatic N) is 2. The molecule has 0 aliphatic heterocycles. The molecular formula is C12H6Cl2FN3S. The molecule has 96 valence electrons. The number of fused-ring (bicyclic) bond motifs is 1. The third-order valence-corrected chi connectivity index (χ3v) is 3.45. The van der Waals surface area contributed by atoms with E-state index in [-0.39, 0.29) is 5.02 Å². The number of hydrogen-bond donors (Lipinski definition) is 1. The van der Waals surface area contributed by atoms with Crippen molar-refractivity contribution in [2.45, 2.75) is 0 Å². The van der Waals surface area contributed by atoms with Gasteiger partial charge in [-0.15, -0.1) is 0 Å². The Labute approximate surface area is 122 Å². The van der Waals surface area contributed by atoms with Crippen LogP contribution in [-0.4, -0.2) is 14.5 Å². The number of nitrogens with one attached hydrogen (secondary N) is 1. The van der Waals surface area contributed by atoms with Crippen LogP contribution in [0, 0.1) is 10.6 Å². The first-order chi connectivity index (χ1) is 9.06. The number of aromatic amines is 1. The summed E-state index contributed by atoms with van der Waals surface area (Å²) >= 11 is 16.8. The highest BCUT2D eigenvalue weighted by Gasteiger charge is 2.10. The molecule has 2 heterocycles. The largest absolute Gasteiger partial charge is 0.329 e. The van der Waals surface area contributed by atoms with Gasteiger partial charge in [0, 0.05) is 6.20 Å². The van der Waals surface area contributed by atoms with Crippen molar-refractivity contribution in [1.82, 2.24) is 14.5 Å². The fourth-order valence-electron chi connectivity index (χ4n) is 1.83. The Morgan fingerprint density at radius 1 is 1.26 bits per heavy atom.